The van der Waals surface area contributed by atoms with E-state index in [0.717, 1.165) is 12.1 Å². The van der Waals surface area contributed by atoms with Crippen LogP contribution in [0.5, 0.6) is 0 Å². The first kappa shape index (κ1) is 20.0. The molecule has 0 spiro atoms. The summed E-state index contributed by atoms with van der Waals surface area (Å²) in [6, 6.07) is 12.8. The number of hydrogen-bond donors (Lipinski definition) is 0. The summed E-state index contributed by atoms with van der Waals surface area (Å²) >= 11 is 0. The highest BCUT2D eigenvalue weighted by molar-refractivity contribution is 5.99. The number of fused-ring (bicyclic) bond motifs is 1. The van der Waals surface area contributed by atoms with Crippen LogP contribution in [0, 0.1) is 17.0 Å². The van der Waals surface area contributed by atoms with Crippen molar-refractivity contribution >= 4 is 23.2 Å². The number of carbonyl (C=O) groups excluding carboxylic acids is 2. The number of carbonyl (C=O) groups is 2. The van der Waals surface area contributed by atoms with E-state index in [0.29, 0.717) is 44.8 Å². The summed E-state index contributed by atoms with van der Waals surface area (Å²) in [5, 5.41) is 11.4. The van der Waals surface area contributed by atoms with Gasteiger partial charge in [0, 0.05) is 44.0 Å². The highest BCUT2D eigenvalue weighted by Gasteiger charge is 2.30. The second kappa shape index (κ2) is 8.23. The van der Waals surface area contributed by atoms with Crippen LogP contribution in [0.3, 0.4) is 0 Å². The fraction of sp³-hybridized carbons (Fsp3) is 0.364. The van der Waals surface area contributed by atoms with E-state index in [1.54, 1.807) is 24.0 Å². The molecular formula is C22H24N4O4. The van der Waals surface area contributed by atoms with E-state index in [9.17, 15) is 19.7 Å². The van der Waals surface area contributed by atoms with Gasteiger partial charge in [-0.15, -0.1) is 0 Å². The van der Waals surface area contributed by atoms with E-state index < -0.39 is 4.92 Å². The third-order valence-electron chi connectivity index (χ3n) is 5.86. The van der Waals surface area contributed by atoms with Gasteiger partial charge in [-0.1, -0.05) is 30.3 Å². The van der Waals surface area contributed by atoms with Crippen LogP contribution in [0.1, 0.15) is 21.5 Å². The molecule has 8 nitrogen and oxygen atoms in total. The average Bonchev–Trinajstić information content (AvgIpc) is 3.17. The molecule has 2 amide bonds. The average molecular weight is 408 g/mol. The number of amides is 2. The number of benzene rings is 2. The number of nitrogens with zero attached hydrogens (tertiary/aromatic N) is 4. The van der Waals surface area contributed by atoms with Crippen LogP contribution in [-0.4, -0.2) is 65.8 Å². The lowest BCUT2D eigenvalue weighted by Crippen LogP contribution is -2.51. The Hall–Kier alpha value is -3.26. The molecular weight excluding hydrogens is 384 g/mol. The number of nitro benzene ring substituents is 1. The SMILES string of the molecule is Cc1cccc(C(=O)N2CCN(CC(=O)N3CCc4ccccc43)CC2)c1[N+](=O)[O-]. The number of hydrogen-bond acceptors (Lipinski definition) is 5. The number of anilines is 1. The molecule has 2 heterocycles. The molecule has 1 fully saturated rings. The van der Waals surface area contributed by atoms with Crippen LogP contribution in [0.15, 0.2) is 42.5 Å². The summed E-state index contributed by atoms with van der Waals surface area (Å²) in [5.74, 6) is -0.265. The van der Waals surface area contributed by atoms with Crippen molar-refractivity contribution in [2.24, 2.45) is 0 Å². The van der Waals surface area contributed by atoms with Gasteiger partial charge in [-0.05, 0) is 31.0 Å². The maximum absolute atomic E-state index is 12.9. The minimum atomic E-state index is -0.495. The van der Waals surface area contributed by atoms with Crippen LogP contribution >= 0.6 is 0 Å². The van der Waals surface area contributed by atoms with Gasteiger partial charge in [0.1, 0.15) is 5.56 Å². The Morgan fingerprint density at radius 3 is 2.47 bits per heavy atom. The van der Waals surface area contributed by atoms with E-state index in [1.165, 1.54) is 11.6 Å². The maximum atomic E-state index is 12.9. The maximum Gasteiger partial charge on any atom is 0.285 e. The zero-order chi connectivity index (χ0) is 21.3. The van der Waals surface area contributed by atoms with Crippen molar-refractivity contribution in [2.75, 3.05) is 44.2 Å². The molecule has 2 aliphatic heterocycles. The van der Waals surface area contributed by atoms with Gasteiger partial charge in [-0.3, -0.25) is 24.6 Å². The summed E-state index contributed by atoms with van der Waals surface area (Å²) in [4.78, 5) is 42.1. The minimum Gasteiger partial charge on any atom is -0.336 e. The molecule has 0 bridgehead atoms. The number of piperazine rings is 1. The van der Waals surface area contributed by atoms with Crippen LogP contribution in [0.25, 0.3) is 0 Å². The Balaban J connectivity index is 1.37. The summed E-state index contributed by atoms with van der Waals surface area (Å²) in [6.45, 7) is 4.64. The fourth-order valence-electron chi connectivity index (χ4n) is 4.23. The lowest BCUT2D eigenvalue weighted by atomic mass is 10.1. The van der Waals surface area contributed by atoms with Gasteiger partial charge >= 0.3 is 0 Å². The van der Waals surface area contributed by atoms with Gasteiger partial charge in [-0.25, -0.2) is 0 Å². The van der Waals surface area contributed by atoms with Crippen molar-refractivity contribution in [1.29, 1.82) is 0 Å². The largest absolute Gasteiger partial charge is 0.336 e. The topological polar surface area (TPSA) is 87.0 Å². The number of rotatable bonds is 4. The molecule has 8 heteroatoms. The summed E-state index contributed by atoms with van der Waals surface area (Å²) in [6.07, 6.45) is 0.874. The van der Waals surface area contributed by atoms with E-state index in [-0.39, 0.29) is 23.1 Å². The zero-order valence-corrected chi connectivity index (χ0v) is 16.9. The number of para-hydroxylation sites is 2. The van der Waals surface area contributed by atoms with E-state index in [4.69, 9.17) is 0 Å². The molecule has 2 aromatic carbocycles. The van der Waals surface area contributed by atoms with Crippen molar-refractivity contribution < 1.29 is 14.5 Å². The molecule has 0 aliphatic carbocycles. The van der Waals surface area contributed by atoms with Crippen molar-refractivity contribution in [1.82, 2.24) is 9.80 Å². The third-order valence-corrected chi connectivity index (χ3v) is 5.86. The van der Waals surface area contributed by atoms with Crippen molar-refractivity contribution in [3.05, 3.63) is 69.3 Å². The molecule has 156 valence electrons. The predicted molar refractivity (Wildman–Crippen MR) is 113 cm³/mol. The lowest BCUT2D eigenvalue weighted by molar-refractivity contribution is -0.385. The smallest absolute Gasteiger partial charge is 0.285 e. The standard InChI is InChI=1S/C22H24N4O4/c1-16-5-4-7-18(21(16)26(29)30)22(28)24-13-11-23(12-14-24)15-20(27)25-10-9-17-6-2-3-8-19(17)25/h2-8H,9-15H2,1H3. The summed E-state index contributed by atoms with van der Waals surface area (Å²) in [5.41, 5.74) is 2.65. The van der Waals surface area contributed by atoms with Crippen LogP contribution in [0.4, 0.5) is 11.4 Å². The second-order valence-electron chi connectivity index (χ2n) is 7.72. The Labute approximate surface area is 174 Å². The zero-order valence-electron chi connectivity index (χ0n) is 16.9. The van der Waals surface area contributed by atoms with Gasteiger partial charge in [0.25, 0.3) is 11.6 Å². The predicted octanol–water partition coefficient (Wildman–Crippen LogP) is 2.25. The molecule has 2 aliphatic rings. The third kappa shape index (κ3) is 3.78. The lowest BCUT2D eigenvalue weighted by Gasteiger charge is -2.35. The molecule has 0 radical (unpaired) electrons. The van der Waals surface area contributed by atoms with Crippen LogP contribution in [0.2, 0.25) is 0 Å². The quantitative estimate of drug-likeness (QED) is 0.572. The number of nitro groups is 1. The summed E-state index contributed by atoms with van der Waals surface area (Å²) < 4.78 is 0. The second-order valence-corrected chi connectivity index (χ2v) is 7.72. The highest BCUT2D eigenvalue weighted by Crippen LogP contribution is 2.28. The monoisotopic (exact) mass is 408 g/mol. The van der Waals surface area contributed by atoms with Gasteiger partial charge in [-0.2, -0.15) is 0 Å². The normalized spacial score (nSPS) is 16.4. The fourth-order valence-corrected chi connectivity index (χ4v) is 4.23. The molecule has 0 unspecified atom stereocenters. The molecule has 0 saturated carbocycles. The highest BCUT2D eigenvalue weighted by atomic mass is 16.6. The molecule has 0 aromatic heterocycles. The molecule has 1 saturated heterocycles. The Morgan fingerprint density at radius 1 is 1.00 bits per heavy atom. The van der Waals surface area contributed by atoms with Gasteiger partial charge < -0.3 is 9.80 Å². The van der Waals surface area contributed by atoms with Crippen LogP contribution < -0.4 is 4.90 Å². The molecule has 30 heavy (non-hydrogen) atoms. The first-order chi connectivity index (χ1) is 14.5. The number of aryl methyl sites for hydroxylation is 1. The molecule has 0 atom stereocenters. The van der Waals surface area contributed by atoms with Crippen molar-refractivity contribution in [2.45, 2.75) is 13.3 Å². The Morgan fingerprint density at radius 2 is 1.73 bits per heavy atom. The molecule has 4 rings (SSSR count). The van der Waals surface area contributed by atoms with E-state index >= 15 is 0 Å². The van der Waals surface area contributed by atoms with Crippen molar-refractivity contribution in [3.8, 4) is 0 Å². The first-order valence-corrected chi connectivity index (χ1v) is 10.1. The minimum absolute atomic E-state index is 0.0639. The summed E-state index contributed by atoms with van der Waals surface area (Å²) in [7, 11) is 0. The van der Waals surface area contributed by atoms with Gasteiger partial charge in [0.15, 0.2) is 0 Å². The van der Waals surface area contributed by atoms with Gasteiger partial charge in [0.05, 0.1) is 11.5 Å². The Kier molecular flexibility index (Phi) is 5.50. The Bertz CT molecular complexity index is 998. The van der Waals surface area contributed by atoms with E-state index in [1.807, 2.05) is 28.0 Å². The van der Waals surface area contributed by atoms with Crippen molar-refractivity contribution in [3.63, 3.8) is 0 Å². The molecule has 2 aromatic rings. The van der Waals surface area contributed by atoms with Gasteiger partial charge in [0.2, 0.25) is 5.91 Å². The first-order valence-electron chi connectivity index (χ1n) is 10.1. The van der Waals surface area contributed by atoms with E-state index in [2.05, 4.69) is 6.07 Å². The van der Waals surface area contributed by atoms with Crippen LogP contribution in [-0.2, 0) is 11.2 Å². The molecule has 0 N–H and O–H groups in total.